The highest BCUT2D eigenvalue weighted by molar-refractivity contribution is 5.55. The van der Waals surface area contributed by atoms with E-state index in [1.54, 1.807) is 0 Å². The van der Waals surface area contributed by atoms with Crippen LogP contribution in [0.1, 0.15) is 50.2 Å². The molecule has 0 bridgehead atoms. The number of nitrogens with zero attached hydrogens (tertiary/aromatic N) is 5. The summed E-state index contributed by atoms with van der Waals surface area (Å²) in [5.41, 5.74) is 0.958. The third-order valence-electron chi connectivity index (χ3n) is 4.54. The summed E-state index contributed by atoms with van der Waals surface area (Å²) in [5, 5.41) is 8.16. The van der Waals surface area contributed by atoms with Crippen molar-refractivity contribution in [2.45, 2.75) is 38.5 Å². The van der Waals surface area contributed by atoms with Crippen LogP contribution in [0, 0.1) is 0 Å². The van der Waals surface area contributed by atoms with Crippen LogP contribution in [0.25, 0.3) is 11.4 Å². The molecular weight excluding hydrogens is 318 g/mol. The molecule has 2 aromatic heterocycles. The van der Waals surface area contributed by atoms with Gasteiger partial charge in [-0.1, -0.05) is 54.5 Å². The summed E-state index contributed by atoms with van der Waals surface area (Å²) in [5.74, 6) is 2.73. The van der Waals surface area contributed by atoms with Crippen LogP contribution < -0.4 is 4.90 Å². The van der Waals surface area contributed by atoms with Crippen molar-refractivity contribution in [2.75, 3.05) is 18.0 Å². The normalized spacial score (nSPS) is 15.9. The lowest BCUT2D eigenvalue weighted by Crippen LogP contribution is -2.33. The lowest BCUT2D eigenvalue weighted by atomic mass is 9.97. The lowest BCUT2D eigenvalue weighted by molar-refractivity contribution is 0.319. The van der Waals surface area contributed by atoms with Crippen molar-refractivity contribution in [3.05, 3.63) is 42.0 Å². The van der Waals surface area contributed by atoms with E-state index in [1.165, 1.54) is 0 Å². The van der Waals surface area contributed by atoms with Gasteiger partial charge in [-0.15, -0.1) is 0 Å². The smallest absolute Gasteiger partial charge is 0.324 e. The average Bonchev–Trinajstić information content (AvgIpc) is 3.33. The molecule has 0 unspecified atom stereocenters. The van der Waals surface area contributed by atoms with E-state index in [1.807, 2.05) is 30.3 Å². The van der Waals surface area contributed by atoms with E-state index in [0.717, 1.165) is 43.2 Å². The monoisotopic (exact) mass is 339 g/mol. The molecule has 0 N–H and O–H groups in total. The fourth-order valence-electron chi connectivity index (χ4n) is 3.01. The first-order chi connectivity index (χ1) is 12.2. The Kier molecular flexibility index (Phi) is 4.21. The molecule has 1 aliphatic rings. The zero-order chi connectivity index (χ0) is 17.2. The van der Waals surface area contributed by atoms with Crippen LogP contribution in [-0.4, -0.2) is 33.4 Å². The van der Waals surface area contributed by atoms with Crippen molar-refractivity contribution >= 4 is 6.01 Å². The topological polar surface area (TPSA) is 81.1 Å². The van der Waals surface area contributed by atoms with Crippen LogP contribution in [0.2, 0.25) is 0 Å². The van der Waals surface area contributed by atoms with Crippen LogP contribution >= 0.6 is 0 Å². The van der Waals surface area contributed by atoms with Crippen molar-refractivity contribution in [1.29, 1.82) is 0 Å². The number of rotatable bonds is 4. The molecule has 1 aliphatic heterocycles. The molecule has 3 aromatic rings. The summed E-state index contributed by atoms with van der Waals surface area (Å²) in [6.07, 6.45) is 1.87. The average molecular weight is 339 g/mol. The molecule has 0 radical (unpaired) electrons. The van der Waals surface area contributed by atoms with E-state index in [9.17, 15) is 0 Å². The summed E-state index contributed by atoms with van der Waals surface area (Å²) in [7, 11) is 0. The van der Waals surface area contributed by atoms with E-state index in [2.05, 4.69) is 39.0 Å². The van der Waals surface area contributed by atoms with Gasteiger partial charge in [0.1, 0.15) is 0 Å². The largest absolute Gasteiger partial charge is 0.339 e. The standard InChI is InChI=1S/C18H21N5O2/c1-12(2)15-19-17(24-21-15)14-8-10-23(11-9-14)18-20-16(22-25-18)13-6-4-3-5-7-13/h3-7,12,14H,8-11H2,1-2H3. The van der Waals surface area contributed by atoms with Crippen LogP contribution in [0.4, 0.5) is 6.01 Å². The summed E-state index contributed by atoms with van der Waals surface area (Å²) in [6, 6.07) is 10.4. The minimum absolute atomic E-state index is 0.285. The molecule has 130 valence electrons. The van der Waals surface area contributed by atoms with E-state index >= 15 is 0 Å². The van der Waals surface area contributed by atoms with Crippen molar-refractivity contribution in [1.82, 2.24) is 20.3 Å². The summed E-state index contributed by atoms with van der Waals surface area (Å²) < 4.78 is 10.9. The van der Waals surface area contributed by atoms with E-state index in [0.29, 0.717) is 17.8 Å². The van der Waals surface area contributed by atoms with E-state index in [4.69, 9.17) is 9.05 Å². The van der Waals surface area contributed by atoms with Gasteiger partial charge in [0.15, 0.2) is 5.82 Å². The Morgan fingerprint density at radius 2 is 1.76 bits per heavy atom. The number of anilines is 1. The third kappa shape index (κ3) is 3.26. The zero-order valence-corrected chi connectivity index (χ0v) is 14.4. The third-order valence-corrected chi connectivity index (χ3v) is 4.54. The first kappa shape index (κ1) is 15.8. The minimum Gasteiger partial charge on any atom is -0.339 e. The number of piperidine rings is 1. The van der Waals surface area contributed by atoms with Gasteiger partial charge in [0.05, 0.1) is 0 Å². The second-order valence-electron chi connectivity index (χ2n) is 6.67. The first-order valence-electron chi connectivity index (χ1n) is 8.68. The Balaban J connectivity index is 1.41. The predicted octanol–water partition coefficient (Wildman–Crippen LogP) is 3.63. The molecule has 0 atom stereocenters. The molecule has 7 nitrogen and oxygen atoms in total. The Hall–Kier alpha value is -2.70. The minimum atomic E-state index is 0.285. The van der Waals surface area contributed by atoms with E-state index in [-0.39, 0.29) is 5.92 Å². The van der Waals surface area contributed by atoms with Crippen LogP contribution in [0.15, 0.2) is 39.4 Å². The maximum Gasteiger partial charge on any atom is 0.324 e. The summed E-state index contributed by atoms with van der Waals surface area (Å²) in [4.78, 5) is 11.2. The van der Waals surface area contributed by atoms with Gasteiger partial charge in [-0.3, -0.25) is 0 Å². The van der Waals surface area contributed by atoms with Gasteiger partial charge in [0.2, 0.25) is 11.7 Å². The number of benzene rings is 1. The molecular formula is C18H21N5O2. The van der Waals surface area contributed by atoms with Gasteiger partial charge < -0.3 is 13.9 Å². The van der Waals surface area contributed by atoms with Gasteiger partial charge >= 0.3 is 6.01 Å². The van der Waals surface area contributed by atoms with Gasteiger partial charge in [-0.25, -0.2) is 0 Å². The van der Waals surface area contributed by atoms with Crippen molar-refractivity contribution in [3.8, 4) is 11.4 Å². The molecule has 25 heavy (non-hydrogen) atoms. The van der Waals surface area contributed by atoms with E-state index < -0.39 is 0 Å². The molecule has 1 aromatic carbocycles. The molecule has 0 spiro atoms. The second kappa shape index (κ2) is 6.66. The van der Waals surface area contributed by atoms with Crippen LogP contribution in [0.3, 0.4) is 0 Å². The SMILES string of the molecule is CC(C)c1noc(C2CCN(c3nc(-c4ccccc4)no3)CC2)n1. The molecule has 1 fully saturated rings. The van der Waals surface area contributed by atoms with Crippen LogP contribution in [0.5, 0.6) is 0 Å². The number of hydrogen-bond acceptors (Lipinski definition) is 7. The molecule has 0 amide bonds. The molecule has 0 saturated carbocycles. The number of hydrogen-bond donors (Lipinski definition) is 0. The highest BCUT2D eigenvalue weighted by Crippen LogP contribution is 2.30. The molecule has 1 saturated heterocycles. The maximum atomic E-state index is 5.45. The van der Waals surface area contributed by atoms with Gasteiger partial charge in [-0.2, -0.15) is 9.97 Å². The van der Waals surface area contributed by atoms with Gasteiger partial charge in [0.25, 0.3) is 0 Å². The fraction of sp³-hybridized carbons (Fsp3) is 0.444. The maximum absolute atomic E-state index is 5.45. The molecule has 7 heteroatoms. The Morgan fingerprint density at radius 3 is 2.44 bits per heavy atom. The molecule has 4 rings (SSSR count). The van der Waals surface area contributed by atoms with Crippen molar-refractivity contribution in [2.24, 2.45) is 0 Å². The van der Waals surface area contributed by atoms with Crippen molar-refractivity contribution in [3.63, 3.8) is 0 Å². The lowest BCUT2D eigenvalue weighted by Gasteiger charge is -2.28. The first-order valence-corrected chi connectivity index (χ1v) is 8.68. The number of aromatic nitrogens is 4. The quantitative estimate of drug-likeness (QED) is 0.718. The van der Waals surface area contributed by atoms with Crippen LogP contribution in [-0.2, 0) is 0 Å². The summed E-state index contributed by atoms with van der Waals surface area (Å²) >= 11 is 0. The summed E-state index contributed by atoms with van der Waals surface area (Å²) in [6.45, 7) is 5.80. The highest BCUT2D eigenvalue weighted by Gasteiger charge is 2.28. The second-order valence-corrected chi connectivity index (χ2v) is 6.67. The van der Waals surface area contributed by atoms with Gasteiger partial charge in [0, 0.05) is 30.5 Å². The van der Waals surface area contributed by atoms with Gasteiger partial charge in [-0.05, 0) is 12.8 Å². The highest BCUT2D eigenvalue weighted by atomic mass is 16.5. The Labute approximate surface area is 146 Å². The zero-order valence-electron chi connectivity index (χ0n) is 14.4. The predicted molar refractivity (Wildman–Crippen MR) is 92.3 cm³/mol. The Morgan fingerprint density at radius 1 is 1.00 bits per heavy atom. The molecule has 3 heterocycles. The Bertz CT molecular complexity index is 819. The molecule has 0 aliphatic carbocycles. The van der Waals surface area contributed by atoms with Crippen molar-refractivity contribution < 1.29 is 9.05 Å². The fourth-order valence-corrected chi connectivity index (χ4v) is 3.01.